The average molecular weight is 328 g/mol. The van der Waals surface area contributed by atoms with Crippen LogP contribution >= 0.6 is 0 Å². The minimum absolute atomic E-state index is 0.222. The van der Waals surface area contributed by atoms with Crippen molar-refractivity contribution in [2.75, 3.05) is 13.2 Å². The van der Waals surface area contributed by atoms with Crippen LogP contribution in [0, 0.1) is 5.41 Å². The molecule has 0 bridgehead atoms. The van der Waals surface area contributed by atoms with Gasteiger partial charge in [0.25, 0.3) is 0 Å². The van der Waals surface area contributed by atoms with Crippen molar-refractivity contribution in [1.29, 1.82) is 0 Å². The third kappa shape index (κ3) is 4.89. The number of nitrogens with one attached hydrogen (secondary N) is 1. The fourth-order valence-corrected chi connectivity index (χ4v) is 3.03. The van der Waals surface area contributed by atoms with Gasteiger partial charge in [-0.25, -0.2) is 9.67 Å². The molecule has 1 aromatic carbocycles. The fraction of sp³-hybridized carbons (Fsp3) is 0.579. The number of nitrogens with zero attached hydrogens (tertiary/aromatic N) is 3. The van der Waals surface area contributed by atoms with Gasteiger partial charge in [-0.05, 0) is 23.8 Å². The Kier molecular flexibility index (Phi) is 5.63. The Morgan fingerprint density at radius 1 is 1.29 bits per heavy atom. The molecule has 0 aliphatic carbocycles. The Hall–Kier alpha value is -1.72. The summed E-state index contributed by atoms with van der Waals surface area (Å²) in [6.07, 6.45) is 4.86. The SMILES string of the molecule is CC(C)(CCOCc1ccccc1)CNC1CCc2ncnn2C1. The minimum Gasteiger partial charge on any atom is -0.377 e. The van der Waals surface area contributed by atoms with Gasteiger partial charge in [0.15, 0.2) is 0 Å². The van der Waals surface area contributed by atoms with Crippen molar-refractivity contribution in [3.8, 4) is 0 Å². The topological polar surface area (TPSA) is 52.0 Å². The van der Waals surface area contributed by atoms with E-state index in [2.05, 4.69) is 53.5 Å². The highest BCUT2D eigenvalue weighted by molar-refractivity contribution is 5.13. The zero-order valence-corrected chi connectivity index (χ0v) is 14.7. The third-order valence-electron chi connectivity index (χ3n) is 4.71. The standard InChI is InChI=1S/C19H28N4O/c1-19(2,10-11-24-13-16-6-4-3-5-7-16)14-20-17-8-9-18-21-15-22-23(18)12-17/h3-7,15,17,20H,8-14H2,1-2H3. The first kappa shape index (κ1) is 17.1. The first-order valence-electron chi connectivity index (χ1n) is 8.84. The highest BCUT2D eigenvalue weighted by Gasteiger charge is 2.23. The van der Waals surface area contributed by atoms with Crippen LogP contribution in [0.5, 0.6) is 0 Å². The second-order valence-electron chi connectivity index (χ2n) is 7.43. The fourth-order valence-electron chi connectivity index (χ4n) is 3.03. The normalized spacial score (nSPS) is 17.7. The zero-order valence-electron chi connectivity index (χ0n) is 14.7. The lowest BCUT2D eigenvalue weighted by Gasteiger charge is -2.30. The number of hydrogen-bond donors (Lipinski definition) is 1. The summed E-state index contributed by atoms with van der Waals surface area (Å²) in [7, 11) is 0. The molecule has 0 fully saturated rings. The molecule has 5 heteroatoms. The monoisotopic (exact) mass is 328 g/mol. The van der Waals surface area contributed by atoms with Crippen LogP contribution < -0.4 is 5.32 Å². The molecule has 1 aliphatic rings. The first-order chi connectivity index (χ1) is 11.6. The summed E-state index contributed by atoms with van der Waals surface area (Å²) in [4.78, 5) is 4.28. The van der Waals surface area contributed by atoms with E-state index in [-0.39, 0.29) is 5.41 Å². The van der Waals surface area contributed by atoms with Gasteiger partial charge in [-0.1, -0.05) is 44.2 Å². The predicted octanol–water partition coefficient (Wildman–Crippen LogP) is 2.82. The van der Waals surface area contributed by atoms with Gasteiger partial charge < -0.3 is 10.1 Å². The quantitative estimate of drug-likeness (QED) is 0.757. The molecule has 0 amide bonds. The molecule has 0 saturated heterocycles. The number of fused-ring (bicyclic) bond motifs is 1. The zero-order chi connectivity index (χ0) is 16.8. The van der Waals surface area contributed by atoms with Crippen molar-refractivity contribution in [3.63, 3.8) is 0 Å². The molecule has 1 atom stereocenters. The maximum absolute atomic E-state index is 5.83. The van der Waals surface area contributed by atoms with E-state index in [1.54, 1.807) is 6.33 Å². The molecule has 2 heterocycles. The number of aryl methyl sites for hydroxylation is 1. The van der Waals surface area contributed by atoms with Crippen molar-refractivity contribution in [3.05, 3.63) is 48.0 Å². The van der Waals surface area contributed by atoms with Crippen molar-refractivity contribution in [2.24, 2.45) is 5.41 Å². The Labute approximate surface area is 144 Å². The van der Waals surface area contributed by atoms with E-state index in [1.807, 2.05) is 10.7 Å². The molecule has 130 valence electrons. The molecule has 1 N–H and O–H groups in total. The Balaban J connectivity index is 1.35. The van der Waals surface area contributed by atoms with Crippen LogP contribution in [0.1, 0.15) is 38.1 Å². The Bertz CT molecular complexity index is 623. The summed E-state index contributed by atoms with van der Waals surface area (Å²) >= 11 is 0. The van der Waals surface area contributed by atoms with E-state index >= 15 is 0 Å². The summed E-state index contributed by atoms with van der Waals surface area (Å²) in [6.45, 7) is 8.01. The maximum Gasteiger partial charge on any atom is 0.138 e. The summed E-state index contributed by atoms with van der Waals surface area (Å²) < 4.78 is 7.86. The van der Waals surface area contributed by atoms with Gasteiger partial charge in [0.1, 0.15) is 12.2 Å². The van der Waals surface area contributed by atoms with Gasteiger partial charge >= 0.3 is 0 Å². The smallest absolute Gasteiger partial charge is 0.138 e. The average Bonchev–Trinajstić information content (AvgIpc) is 3.06. The van der Waals surface area contributed by atoms with Gasteiger partial charge in [-0.3, -0.25) is 0 Å². The summed E-state index contributed by atoms with van der Waals surface area (Å²) in [5, 5.41) is 7.99. The van der Waals surface area contributed by atoms with Gasteiger partial charge in [0, 0.05) is 25.6 Å². The second kappa shape index (κ2) is 7.90. The van der Waals surface area contributed by atoms with Crippen molar-refractivity contribution in [2.45, 2.75) is 52.3 Å². The Morgan fingerprint density at radius 3 is 2.96 bits per heavy atom. The lowest BCUT2D eigenvalue weighted by Crippen LogP contribution is -2.42. The number of aromatic nitrogens is 3. The van der Waals surface area contributed by atoms with Crippen LogP contribution in [0.25, 0.3) is 0 Å². The van der Waals surface area contributed by atoms with E-state index in [0.29, 0.717) is 12.6 Å². The molecular weight excluding hydrogens is 300 g/mol. The molecule has 0 radical (unpaired) electrons. The Morgan fingerprint density at radius 2 is 2.12 bits per heavy atom. The van der Waals surface area contributed by atoms with Gasteiger partial charge in [-0.15, -0.1) is 0 Å². The molecule has 1 unspecified atom stereocenters. The summed E-state index contributed by atoms with van der Waals surface area (Å²) in [5.41, 5.74) is 1.46. The van der Waals surface area contributed by atoms with Crippen LogP contribution in [-0.2, 0) is 24.3 Å². The van der Waals surface area contributed by atoms with Crippen LogP contribution in [0.15, 0.2) is 36.7 Å². The molecule has 1 aromatic heterocycles. The number of hydrogen-bond acceptors (Lipinski definition) is 4. The third-order valence-corrected chi connectivity index (χ3v) is 4.71. The molecule has 0 saturated carbocycles. The van der Waals surface area contributed by atoms with Crippen LogP contribution in [-0.4, -0.2) is 34.0 Å². The summed E-state index contributed by atoms with van der Waals surface area (Å²) in [5.74, 6) is 1.11. The van der Waals surface area contributed by atoms with Crippen molar-refractivity contribution >= 4 is 0 Å². The van der Waals surface area contributed by atoms with E-state index in [4.69, 9.17) is 4.74 Å². The molecular formula is C19H28N4O. The molecule has 1 aliphatic heterocycles. The van der Waals surface area contributed by atoms with Gasteiger partial charge in [-0.2, -0.15) is 5.10 Å². The van der Waals surface area contributed by atoms with E-state index in [9.17, 15) is 0 Å². The lowest BCUT2D eigenvalue weighted by molar-refractivity contribution is 0.0903. The minimum atomic E-state index is 0.222. The molecule has 24 heavy (non-hydrogen) atoms. The maximum atomic E-state index is 5.83. The molecule has 5 nitrogen and oxygen atoms in total. The van der Waals surface area contributed by atoms with Crippen LogP contribution in [0.4, 0.5) is 0 Å². The first-order valence-corrected chi connectivity index (χ1v) is 8.84. The van der Waals surface area contributed by atoms with E-state index < -0.39 is 0 Å². The number of rotatable bonds is 8. The lowest BCUT2D eigenvalue weighted by atomic mass is 9.89. The highest BCUT2D eigenvalue weighted by atomic mass is 16.5. The van der Waals surface area contributed by atoms with Crippen molar-refractivity contribution in [1.82, 2.24) is 20.1 Å². The van der Waals surface area contributed by atoms with Gasteiger partial charge in [0.2, 0.25) is 0 Å². The van der Waals surface area contributed by atoms with Crippen LogP contribution in [0.3, 0.4) is 0 Å². The van der Waals surface area contributed by atoms with E-state index in [1.165, 1.54) is 5.56 Å². The molecule has 3 rings (SSSR count). The van der Waals surface area contributed by atoms with Crippen LogP contribution in [0.2, 0.25) is 0 Å². The van der Waals surface area contributed by atoms with Gasteiger partial charge in [0.05, 0.1) is 13.2 Å². The number of benzene rings is 1. The molecule has 2 aromatic rings. The highest BCUT2D eigenvalue weighted by Crippen LogP contribution is 2.21. The molecule has 0 spiro atoms. The largest absolute Gasteiger partial charge is 0.377 e. The second-order valence-corrected chi connectivity index (χ2v) is 7.43. The summed E-state index contributed by atoms with van der Waals surface area (Å²) in [6, 6.07) is 10.8. The van der Waals surface area contributed by atoms with Crippen molar-refractivity contribution < 1.29 is 4.74 Å². The number of ether oxygens (including phenoxy) is 1. The predicted molar refractivity (Wildman–Crippen MR) is 94.6 cm³/mol. The van der Waals surface area contributed by atoms with E-state index in [0.717, 1.165) is 44.8 Å².